The smallest absolute Gasteiger partial charge is 0.184 e. The van der Waals surface area contributed by atoms with Crippen LogP contribution in [0.4, 0.5) is 0 Å². The second kappa shape index (κ2) is 7.04. The first kappa shape index (κ1) is 18.4. The summed E-state index contributed by atoms with van der Waals surface area (Å²) in [6.45, 7) is 15.5. The lowest BCUT2D eigenvalue weighted by Gasteiger charge is -2.35. The van der Waals surface area contributed by atoms with Gasteiger partial charge < -0.3 is 8.85 Å². The summed E-state index contributed by atoms with van der Waals surface area (Å²) in [5.41, 5.74) is 1.25. The van der Waals surface area contributed by atoms with E-state index in [0.29, 0.717) is 0 Å². The van der Waals surface area contributed by atoms with E-state index in [1.807, 2.05) is 0 Å². The molecule has 0 unspecified atom stereocenters. The van der Waals surface area contributed by atoms with Crippen LogP contribution < -0.4 is 0 Å². The molecule has 0 aliphatic carbocycles. The molecule has 0 amide bonds. The van der Waals surface area contributed by atoms with Crippen molar-refractivity contribution >= 4 is 39.2 Å². The largest absolute Gasteiger partial charge is 0.412 e. The van der Waals surface area contributed by atoms with Crippen LogP contribution in [0.2, 0.25) is 39.3 Å². The predicted molar refractivity (Wildman–Crippen MR) is 100 cm³/mol. The molecule has 0 aliphatic rings. The van der Waals surface area contributed by atoms with Gasteiger partial charge in [-0.3, -0.25) is 0 Å². The zero-order chi connectivity index (χ0) is 15.6. The SMILES string of the molecule is C[C@@H](O[Si](C)(C)C)[C@H](O[Si](C)(C)C)c1ccccc1I. The van der Waals surface area contributed by atoms with Crippen molar-refractivity contribution in [3.63, 3.8) is 0 Å². The number of hydrogen-bond donors (Lipinski definition) is 0. The lowest BCUT2D eigenvalue weighted by molar-refractivity contribution is 0.0545. The van der Waals surface area contributed by atoms with E-state index in [9.17, 15) is 0 Å². The fraction of sp³-hybridized carbons (Fsp3) is 0.600. The van der Waals surface area contributed by atoms with E-state index in [-0.39, 0.29) is 12.2 Å². The van der Waals surface area contributed by atoms with E-state index in [2.05, 4.69) is 93.1 Å². The molecule has 2 atom stereocenters. The molecule has 0 aliphatic heterocycles. The highest BCUT2D eigenvalue weighted by molar-refractivity contribution is 14.1. The fourth-order valence-electron chi connectivity index (χ4n) is 2.12. The highest BCUT2D eigenvalue weighted by atomic mass is 127. The molecule has 0 aromatic heterocycles. The highest BCUT2D eigenvalue weighted by Gasteiger charge is 2.31. The van der Waals surface area contributed by atoms with Crippen molar-refractivity contribution in [2.45, 2.75) is 58.4 Å². The molecular formula is C15H27IO2Si2. The molecule has 0 bridgehead atoms. The van der Waals surface area contributed by atoms with Crippen LogP contribution in [-0.2, 0) is 8.85 Å². The minimum absolute atomic E-state index is 0.0292. The summed E-state index contributed by atoms with van der Waals surface area (Å²) in [6.07, 6.45) is 0.116. The second-order valence-corrected chi connectivity index (χ2v) is 17.2. The molecule has 0 N–H and O–H groups in total. The Balaban J connectivity index is 3.06. The molecule has 0 radical (unpaired) electrons. The van der Waals surface area contributed by atoms with Crippen LogP contribution in [0, 0.1) is 3.57 Å². The van der Waals surface area contributed by atoms with Gasteiger partial charge in [0.1, 0.15) is 0 Å². The zero-order valence-corrected chi connectivity index (χ0v) is 17.8. The molecule has 1 aromatic carbocycles. The normalized spacial score (nSPS) is 16.0. The summed E-state index contributed by atoms with van der Waals surface area (Å²) in [4.78, 5) is 0. The van der Waals surface area contributed by atoms with Gasteiger partial charge in [-0.1, -0.05) is 18.2 Å². The molecule has 1 rings (SSSR count). The van der Waals surface area contributed by atoms with Gasteiger partial charge in [-0.2, -0.15) is 0 Å². The molecule has 0 heterocycles. The van der Waals surface area contributed by atoms with Gasteiger partial charge in [-0.25, -0.2) is 0 Å². The van der Waals surface area contributed by atoms with Crippen LogP contribution in [0.5, 0.6) is 0 Å². The zero-order valence-electron chi connectivity index (χ0n) is 13.7. The van der Waals surface area contributed by atoms with Crippen LogP contribution in [0.1, 0.15) is 18.6 Å². The Morgan fingerprint density at radius 2 is 1.40 bits per heavy atom. The van der Waals surface area contributed by atoms with Gasteiger partial charge in [0, 0.05) is 3.57 Å². The maximum atomic E-state index is 6.44. The summed E-state index contributed by atoms with van der Waals surface area (Å²) >= 11 is 2.39. The molecule has 0 fully saturated rings. The van der Waals surface area contributed by atoms with E-state index in [0.717, 1.165) is 0 Å². The quantitative estimate of drug-likeness (QED) is 0.450. The first-order valence-corrected chi connectivity index (χ1v) is 15.0. The molecule has 0 saturated heterocycles. The average Bonchev–Trinajstić information content (AvgIpc) is 2.23. The van der Waals surface area contributed by atoms with Crippen molar-refractivity contribution in [1.29, 1.82) is 0 Å². The number of halogens is 1. The average molecular weight is 422 g/mol. The van der Waals surface area contributed by atoms with Crippen LogP contribution in [0.25, 0.3) is 0 Å². The summed E-state index contributed by atoms with van der Waals surface area (Å²) in [7, 11) is -3.21. The summed E-state index contributed by atoms with van der Waals surface area (Å²) < 4.78 is 14.0. The van der Waals surface area contributed by atoms with Crippen molar-refractivity contribution in [2.24, 2.45) is 0 Å². The standard InChI is InChI=1S/C15H27IO2Si2/c1-12(17-19(2,3)4)15(18-20(5,6)7)13-10-8-9-11-14(13)16/h8-12,15H,1-7H3/t12-,15+/m1/s1. The van der Waals surface area contributed by atoms with Gasteiger partial charge in [0.2, 0.25) is 0 Å². The van der Waals surface area contributed by atoms with Gasteiger partial charge in [0.05, 0.1) is 12.2 Å². The van der Waals surface area contributed by atoms with Crippen LogP contribution in [-0.4, -0.2) is 22.7 Å². The van der Waals surface area contributed by atoms with Crippen molar-refractivity contribution in [3.8, 4) is 0 Å². The summed E-state index contributed by atoms with van der Waals surface area (Å²) in [5.74, 6) is 0. The predicted octanol–water partition coefficient (Wildman–Crippen LogP) is 5.42. The van der Waals surface area contributed by atoms with Crippen LogP contribution in [0.3, 0.4) is 0 Å². The summed E-state index contributed by atoms with van der Waals surface area (Å²) in [6, 6.07) is 8.45. The Labute approximate surface area is 139 Å². The van der Waals surface area contributed by atoms with Gasteiger partial charge in [-0.05, 0) is 80.4 Å². The molecule has 20 heavy (non-hydrogen) atoms. The van der Waals surface area contributed by atoms with Gasteiger partial charge >= 0.3 is 0 Å². The number of benzene rings is 1. The minimum Gasteiger partial charge on any atom is -0.412 e. The van der Waals surface area contributed by atoms with Gasteiger partial charge in [0.15, 0.2) is 16.6 Å². The Bertz CT molecular complexity index is 438. The van der Waals surface area contributed by atoms with E-state index >= 15 is 0 Å². The van der Waals surface area contributed by atoms with E-state index in [1.54, 1.807) is 0 Å². The van der Waals surface area contributed by atoms with Crippen LogP contribution >= 0.6 is 22.6 Å². The Hall–Kier alpha value is 0.304. The topological polar surface area (TPSA) is 18.5 Å². The van der Waals surface area contributed by atoms with Crippen molar-refractivity contribution in [2.75, 3.05) is 0 Å². The van der Waals surface area contributed by atoms with Crippen molar-refractivity contribution in [3.05, 3.63) is 33.4 Å². The second-order valence-electron chi connectivity index (χ2n) is 7.11. The third-order valence-electron chi connectivity index (χ3n) is 2.66. The molecule has 2 nitrogen and oxygen atoms in total. The van der Waals surface area contributed by atoms with Crippen molar-refractivity contribution < 1.29 is 8.85 Å². The van der Waals surface area contributed by atoms with Crippen LogP contribution in [0.15, 0.2) is 24.3 Å². The molecule has 1 aromatic rings. The van der Waals surface area contributed by atoms with E-state index in [1.165, 1.54) is 9.13 Å². The molecular weight excluding hydrogens is 395 g/mol. The maximum absolute atomic E-state index is 6.44. The molecule has 114 valence electrons. The fourth-order valence-corrected chi connectivity index (χ4v) is 5.13. The monoisotopic (exact) mass is 422 g/mol. The Kier molecular flexibility index (Phi) is 6.46. The molecule has 0 spiro atoms. The first-order chi connectivity index (χ1) is 8.99. The third kappa shape index (κ3) is 6.38. The molecule has 5 heteroatoms. The Morgan fingerprint density at radius 1 is 0.900 bits per heavy atom. The lowest BCUT2D eigenvalue weighted by atomic mass is 10.1. The van der Waals surface area contributed by atoms with E-state index in [4.69, 9.17) is 8.85 Å². The van der Waals surface area contributed by atoms with E-state index < -0.39 is 16.6 Å². The Morgan fingerprint density at radius 3 is 1.85 bits per heavy atom. The lowest BCUT2D eigenvalue weighted by Crippen LogP contribution is -2.39. The van der Waals surface area contributed by atoms with Crippen molar-refractivity contribution in [1.82, 2.24) is 0 Å². The van der Waals surface area contributed by atoms with Gasteiger partial charge in [-0.15, -0.1) is 0 Å². The van der Waals surface area contributed by atoms with Gasteiger partial charge in [0.25, 0.3) is 0 Å². The maximum Gasteiger partial charge on any atom is 0.184 e. The minimum atomic E-state index is -1.63. The molecule has 0 saturated carbocycles. The third-order valence-corrected chi connectivity index (χ3v) is 5.68. The number of hydrogen-bond acceptors (Lipinski definition) is 2. The summed E-state index contributed by atoms with van der Waals surface area (Å²) in [5, 5.41) is 0. The number of rotatable bonds is 6. The highest BCUT2D eigenvalue weighted by Crippen LogP contribution is 2.31. The first-order valence-electron chi connectivity index (χ1n) is 7.10.